The number of ether oxygens (including phenoxy) is 1. The molecule has 4 atom stereocenters. The summed E-state index contributed by atoms with van der Waals surface area (Å²) in [4.78, 5) is 8.42. The molecule has 1 aliphatic rings. The topological polar surface area (TPSA) is 127 Å². The lowest BCUT2D eigenvalue weighted by Crippen LogP contribution is -2.44. The van der Waals surface area contributed by atoms with Crippen molar-refractivity contribution in [3.63, 3.8) is 0 Å². The van der Waals surface area contributed by atoms with E-state index in [9.17, 15) is 15.3 Å². The van der Waals surface area contributed by atoms with E-state index in [2.05, 4.69) is 9.97 Å². The van der Waals surface area contributed by atoms with Crippen molar-refractivity contribution in [3.8, 4) is 11.1 Å². The second-order valence-electron chi connectivity index (χ2n) is 7.15. The summed E-state index contributed by atoms with van der Waals surface area (Å²) < 4.78 is 7.39. The van der Waals surface area contributed by atoms with Crippen LogP contribution in [0.2, 0.25) is 0 Å². The van der Waals surface area contributed by atoms with Crippen LogP contribution in [-0.4, -0.2) is 54.3 Å². The highest BCUT2D eigenvalue weighted by Crippen LogP contribution is 2.42. The van der Waals surface area contributed by atoms with E-state index >= 15 is 0 Å². The van der Waals surface area contributed by atoms with Gasteiger partial charge in [0.05, 0.1) is 12.0 Å². The largest absolute Gasteiger partial charge is 0.394 e. The summed E-state index contributed by atoms with van der Waals surface area (Å²) in [6.45, 7) is 3.07. The molecule has 1 aromatic carbocycles. The van der Waals surface area contributed by atoms with Crippen molar-refractivity contribution in [3.05, 3.63) is 42.4 Å². The van der Waals surface area contributed by atoms with E-state index in [0.29, 0.717) is 16.9 Å². The molecule has 27 heavy (non-hydrogen) atoms. The third kappa shape index (κ3) is 2.69. The number of nitrogens with zero attached hydrogens (tertiary/aromatic N) is 3. The summed E-state index contributed by atoms with van der Waals surface area (Å²) in [5.41, 5.74) is 7.83. The van der Waals surface area contributed by atoms with Crippen LogP contribution in [0.5, 0.6) is 0 Å². The first-order chi connectivity index (χ1) is 12.8. The second-order valence-corrected chi connectivity index (χ2v) is 7.15. The van der Waals surface area contributed by atoms with Crippen molar-refractivity contribution in [2.75, 3.05) is 12.3 Å². The van der Waals surface area contributed by atoms with Gasteiger partial charge < -0.3 is 30.4 Å². The van der Waals surface area contributed by atoms with Gasteiger partial charge in [-0.15, -0.1) is 0 Å². The Morgan fingerprint density at radius 3 is 2.59 bits per heavy atom. The molecule has 0 spiro atoms. The Bertz CT molecular complexity index is 983. The number of hydrogen-bond donors (Lipinski definition) is 4. The Morgan fingerprint density at radius 1 is 1.26 bits per heavy atom. The van der Waals surface area contributed by atoms with Gasteiger partial charge >= 0.3 is 0 Å². The van der Waals surface area contributed by atoms with E-state index in [1.54, 1.807) is 10.8 Å². The van der Waals surface area contributed by atoms with Crippen molar-refractivity contribution >= 4 is 16.9 Å². The fourth-order valence-electron chi connectivity index (χ4n) is 3.63. The summed E-state index contributed by atoms with van der Waals surface area (Å²) >= 11 is 0. The molecule has 0 saturated carbocycles. The summed E-state index contributed by atoms with van der Waals surface area (Å²) in [6.07, 6.45) is 0.0416. The number of anilines is 1. The summed E-state index contributed by atoms with van der Waals surface area (Å²) in [5, 5.41) is 31.3. The van der Waals surface area contributed by atoms with Gasteiger partial charge in [0.25, 0.3) is 0 Å². The van der Waals surface area contributed by atoms with E-state index in [0.717, 1.165) is 16.7 Å². The van der Waals surface area contributed by atoms with Crippen molar-refractivity contribution in [2.45, 2.75) is 37.9 Å². The number of aliphatic hydroxyl groups excluding tert-OH is 2. The van der Waals surface area contributed by atoms with E-state index in [-0.39, 0.29) is 0 Å². The molecular weight excluding hydrogens is 348 g/mol. The molecule has 3 aromatic rings. The maximum absolute atomic E-state index is 10.8. The Hall–Kier alpha value is -2.52. The first-order valence-electron chi connectivity index (χ1n) is 8.69. The van der Waals surface area contributed by atoms with Gasteiger partial charge in [-0.3, -0.25) is 0 Å². The van der Waals surface area contributed by atoms with Crippen molar-refractivity contribution in [2.24, 2.45) is 0 Å². The third-order valence-electron chi connectivity index (χ3n) is 5.19. The minimum Gasteiger partial charge on any atom is -0.394 e. The number of aromatic nitrogens is 3. The number of rotatable bonds is 3. The normalized spacial score (nSPS) is 28.1. The van der Waals surface area contributed by atoms with Gasteiger partial charge in [0.15, 0.2) is 6.23 Å². The van der Waals surface area contributed by atoms with Crippen LogP contribution in [0.15, 0.2) is 36.8 Å². The fourth-order valence-corrected chi connectivity index (χ4v) is 3.63. The minimum absolute atomic E-state index is 0.311. The Morgan fingerprint density at radius 2 is 1.96 bits per heavy atom. The van der Waals surface area contributed by atoms with Crippen molar-refractivity contribution in [1.82, 2.24) is 14.5 Å². The number of benzene rings is 1. The van der Waals surface area contributed by atoms with Gasteiger partial charge in [-0.2, -0.15) is 0 Å². The molecular formula is C19H22N4O4. The maximum atomic E-state index is 10.8. The molecule has 142 valence electrons. The lowest BCUT2D eigenvalue weighted by molar-refractivity contribution is -0.0948. The van der Waals surface area contributed by atoms with Crippen LogP contribution in [0.25, 0.3) is 22.2 Å². The van der Waals surface area contributed by atoms with E-state index in [1.807, 2.05) is 31.2 Å². The van der Waals surface area contributed by atoms with Crippen LogP contribution in [0.4, 0.5) is 5.82 Å². The summed E-state index contributed by atoms with van der Waals surface area (Å²) in [5.74, 6) is 0.311. The SMILES string of the molecule is Cc1ccc(-c2cn([C@@H]3O[C@H](CO)C(O)[C@@]3(C)O)c3ncnc(N)c23)cc1. The molecule has 0 bridgehead atoms. The zero-order valence-corrected chi connectivity index (χ0v) is 15.1. The monoisotopic (exact) mass is 370 g/mol. The van der Waals surface area contributed by atoms with E-state index in [1.165, 1.54) is 13.3 Å². The maximum Gasteiger partial charge on any atom is 0.167 e. The number of aryl methyl sites for hydroxylation is 1. The average Bonchev–Trinajstić information content (AvgIpc) is 3.13. The molecule has 1 aliphatic heterocycles. The van der Waals surface area contributed by atoms with Crippen LogP contribution in [-0.2, 0) is 4.74 Å². The molecule has 4 rings (SSSR count). The quantitative estimate of drug-likeness (QED) is 0.541. The van der Waals surface area contributed by atoms with Gasteiger partial charge in [-0.25, -0.2) is 9.97 Å². The molecule has 0 amide bonds. The molecule has 1 saturated heterocycles. The van der Waals surface area contributed by atoms with Crippen molar-refractivity contribution in [1.29, 1.82) is 0 Å². The third-order valence-corrected chi connectivity index (χ3v) is 5.19. The van der Waals surface area contributed by atoms with Gasteiger partial charge in [0.1, 0.15) is 35.6 Å². The van der Waals surface area contributed by atoms with Crippen LogP contribution >= 0.6 is 0 Å². The number of hydrogen-bond acceptors (Lipinski definition) is 7. The zero-order chi connectivity index (χ0) is 19.3. The van der Waals surface area contributed by atoms with Crippen LogP contribution in [0.1, 0.15) is 18.7 Å². The molecule has 1 unspecified atom stereocenters. The lowest BCUT2D eigenvalue weighted by Gasteiger charge is -2.27. The molecule has 8 nitrogen and oxygen atoms in total. The molecule has 2 aromatic heterocycles. The highest BCUT2D eigenvalue weighted by atomic mass is 16.6. The molecule has 0 aliphatic carbocycles. The van der Waals surface area contributed by atoms with Crippen LogP contribution in [0.3, 0.4) is 0 Å². The predicted molar refractivity (Wildman–Crippen MR) is 99.7 cm³/mol. The van der Waals surface area contributed by atoms with Crippen LogP contribution in [0, 0.1) is 6.92 Å². The number of fused-ring (bicyclic) bond motifs is 1. The highest BCUT2D eigenvalue weighted by molar-refractivity contribution is 6.00. The molecule has 3 heterocycles. The average molecular weight is 370 g/mol. The highest BCUT2D eigenvalue weighted by Gasteiger charge is 2.53. The lowest BCUT2D eigenvalue weighted by atomic mass is 9.96. The Balaban J connectivity index is 1.93. The molecule has 5 N–H and O–H groups in total. The van der Waals surface area contributed by atoms with Crippen molar-refractivity contribution < 1.29 is 20.1 Å². The fraction of sp³-hybridized carbons (Fsp3) is 0.368. The number of nitrogen functional groups attached to an aromatic ring is 1. The minimum atomic E-state index is -1.62. The molecule has 1 fully saturated rings. The Labute approximate surface area is 155 Å². The first-order valence-corrected chi connectivity index (χ1v) is 8.69. The standard InChI is InChI=1S/C19H22N4O4/c1-10-3-5-11(6-4-10)12-7-23(17-14(12)16(20)21-9-22-17)18-19(2,26)15(25)13(8-24)27-18/h3-7,9,13,15,18,24-26H,8H2,1-2H3,(H2,20,21,22)/t13-,15?,18-,19-/m1/s1. The predicted octanol–water partition coefficient (Wildman–Crippen LogP) is 0.991. The molecule has 0 radical (unpaired) electrons. The first kappa shape index (κ1) is 17.9. The zero-order valence-electron chi connectivity index (χ0n) is 15.1. The van der Waals surface area contributed by atoms with Gasteiger partial charge in [0, 0.05) is 11.8 Å². The Kier molecular flexibility index (Phi) is 4.15. The smallest absolute Gasteiger partial charge is 0.167 e. The summed E-state index contributed by atoms with van der Waals surface area (Å²) in [6, 6.07) is 7.93. The van der Waals surface area contributed by atoms with Gasteiger partial charge in [-0.05, 0) is 19.4 Å². The van der Waals surface area contributed by atoms with E-state index < -0.39 is 30.6 Å². The number of aliphatic hydroxyl groups is 3. The summed E-state index contributed by atoms with van der Waals surface area (Å²) in [7, 11) is 0. The second kappa shape index (κ2) is 6.28. The molecule has 8 heteroatoms. The van der Waals surface area contributed by atoms with Gasteiger partial charge in [0.2, 0.25) is 0 Å². The van der Waals surface area contributed by atoms with Gasteiger partial charge in [-0.1, -0.05) is 29.8 Å². The van der Waals surface area contributed by atoms with Crippen LogP contribution < -0.4 is 5.73 Å². The number of nitrogens with two attached hydrogens (primary N) is 1. The van der Waals surface area contributed by atoms with E-state index in [4.69, 9.17) is 10.5 Å².